The minimum atomic E-state index is -0.820. The number of carbonyl (C=O) groups excluding carboxylic acids is 3. The first-order valence-electron chi connectivity index (χ1n) is 13.2. The van der Waals surface area contributed by atoms with Crippen LogP contribution in [-0.4, -0.2) is 53.6 Å². The second-order valence-electron chi connectivity index (χ2n) is 9.86. The quantitative estimate of drug-likeness (QED) is 0.0921. The second kappa shape index (κ2) is 17.0. The van der Waals surface area contributed by atoms with Crippen LogP contribution in [0, 0.1) is 17.8 Å². The van der Waals surface area contributed by atoms with E-state index in [0.29, 0.717) is 45.2 Å². The van der Waals surface area contributed by atoms with Gasteiger partial charge in [-0.05, 0) is 56.2 Å². The summed E-state index contributed by atoms with van der Waals surface area (Å²) >= 11 is 0. The number of phenolic OH excluding ortho intramolecular Hbond substituents is 1. The number of phenols is 1. The molecular formula is C27H45N7O4. The van der Waals surface area contributed by atoms with Gasteiger partial charge >= 0.3 is 0 Å². The Morgan fingerprint density at radius 3 is 1.89 bits per heavy atom. The van der Waals surface area contributed by atoms with Gasteiger partial charge in [0.25, 0.3) is 0 Å². The van der Waals surface area contributed by atoms with Gasteiger partial charge < -0.3 is 33.4 Å². The molecule has 212 valence electrons. The van der Waals surface area contributed by atoms with Gasteiger partial charge in [-0.1, -0.05) is 32.9 Å². The Hall–Kier alpha value is -3.63. The van der Waals surface area contributed by atoms with E-state index in [0.717, 1.165) is 5.56 Å². The average molecular weight is 532 g/mol. The lowest BCUT2D eigenvalue weighted by atomic mass is 9.85. The van der Waals surface area contributed by atoms with Gasteiger partial charge in [0.05, 0.1) is 6.04 Å². The lowest BCUT2D eigenvalue weighted by Gasteiger charge is -2.24. The number of aromatic hydroxyl groups is 1. The van der Waals surface area contributed by atoms with Gasteiger partial charge in [-0.3, -0.25) is 24.4 Å². The summed E-state index contributed by atoms with van der Waals surface area (Å²) in [7, 11) is 0. The van der Waals surface area contributed by atoms with E-state index in [2.05, 4.69) is 15.3 Å². The lowest BCUT2D eigenvalue weighted by molar-refractivity contribution is -0.133. The van der Waals surface area contributed by atoms with E-state index in [-0.39, 0.29) is 59.8 Å². The number of rotatable bonds is 18. The fraction of sp³-hybridized carbons (Fsp3) is 0.593. The van der Waals surface area contributed by atoms with Crippen LogP contribution >= 0.6 is 0 Å². The maximum atomic E-state index is 13.5. The molecule has 1 aromatic rings. The first kappa shape index (κ1) is 32.4. The molecule has 3 unspecified atom stereocenters. The van der Waals surface area contributed by atoms with Crippen molar-refractivity contribution >= 4 is 29.4 Å². The van der Waals surface area contributed by atoms with Gasteiger partial charge in [0.1, 0.15) is 11.5 Å². The van der Waals surface area contributed by atoms with Crippen molar-refractivity contribution in [2.75, 3.05) is 13.1 Å². The smallest absolute Gasteiger partial charge is 0.223 e. The van der Waals surface area contributed by atoms with Crippen LogP contribution in [0.2, 0.25) is 0 Å². The number of hydrogen-bond donors (Lipinski definition) is 6. The summed E-state index contributed by atoms with van der Waals surface area (Å²) in [6.45, 7) is 6.31. The molecule has 0 aliphatic rings. The van der Waals surface area contributed by atoms with Gasteiger partial charge in [0.2, 0.25) is 5.91 Å². The van der Waals surface area contributed by atoms with E-state index < -0.39 is 12.0 Å². The Kier molecular flexibility index (Phi) is 14.5. The molecule has 11 nitrogen and oxygen atoms in total. The summed E-state index contributed by atoms with van der Waals surface area (Å²) in [4.78, 5) is 47.6. The maximum absolute atomic E-state index is 13.5. The molecular weight excluding hydrogens is 486 g/mol. The molecule has 0 saturated carbocycles. The normalized spacial score (nSPS) is 13.3. The van der Waals surface area contributed by atoms with E-state index >= 15 is 0 Å². The number of carbonyl (C=O) groups is 3. The van der Waals surface area contributed by atoms with Crippen molar-refractivity contribution < 1.29 is 19.5 Å². The average Bonchev–Trinajstić information content (AvgIpc) is 2.85. The number of nitrogens with one attached hydrogen (secondary N) is 1. The molecule has 0 radical (unpaired) electrons. The third kappa shape index (κ3) is 12.6. The highest BCUT2D eigenvalue weighted by molar-refractivity contribution is 5.94. The van der Waals surface area contributed by atoms with Crippen LogP contribution in [-0.2, 0) is 20.8 Å². The van der Waals surface area contributed by atoms with Crippen molar-refractivity contribution in [3.63, 3.8) is 0 Å². The summed E-state index contributed by atoms with van der Waals surface area (Å²) in [6.07, 6.45) is 3.04. The van der Waals surface area contributed by atoms with Crippen molar-refractivity contribution in [2.45, 2.75) is 71.8 Å². The number of nitrogens with zero attached hydrogens (tertiary/aromatic N) is 2. The highest BCUT2D eigenvalue weighted by Crippen LogP contribution is 2.21. The Morgan fingerprint density at radius 1 is 0.895 bits per heavy atom. The highest BCUT2D eigenvalue weighted by Gasteiger charge is 2.30. The molecule has 0 heterocycles. The maximum Gasteiger partial charge on any atom is 0.223 e. The summed E-state index contributed by atoms with van der Waals surface area (Å²) in [5.41, 5.74) is 22.3. The summed E-state index contributed by atoms with van der Waals surface area (Å²) in [5.74, 6) is -1.42. The van der Waals surface area contributed by atoms with Crippen LogP contribution in [0.5, 0.6) is 5.75 Å². The van der Waals surface area contributed by atoms with Gasteiger partial charge in [-0.25, -0.2) is 0 Å². The van der Waals surface area contributed by atoms with Crippen LogP contribution in [0.25, 0.3) is 0 Å². The third-order valence-corrected chi connectivity index (χ3v) is 6.37. The Bertz CT molecular complexity index is 953. The molecule has 0 aliphatic carbocycles. The van der Waals surface area contributed by atoms with E-state index in [1.165, 1.54) is 12.1 Å². The van der Waals surface area contributed by atoms with Crippen LogP contribution in [0.3, 0.4) is 0 Å². The Morgan fingerprint density at radius 2 is 1.42 bits per heavy atom. The molecule has 0 aromatic heterocycles. The number of benzene rings is 1. The van der Waals surface area contributed by atoms with Crippen molar-refractivity contribution in [1.29, 1.82) is 0 Å². The minimum absolute atomic E-state index is 0.00312. The van der Waals surface area contributed by atoms with Crippen molar-refractivity contribution in [2.24, 2.45) is 50.7 Å². The van der Waals surface area contributed by atoms with Gasteiger partial charge in [0.15, 0.2) is 17.7 Å². The standard InChI is InChI=1S/C27H45N7O4/c1-4-19(7-5-13-32-26(28)29)25(38)34-22(15-18-9-11-21(35)12-10-18)23(36)16-20(24(37)17(2)3)8-6-14-33-27(30)31/h9-12,17,19-20,22,35H,4-8,13-16H2,1-3H3,(H,34,38)(H4,28,29,32)(H4,30,31,33). The molecule has 0 saturated heterocycles. The lowest BCUT2D eigenvalue weighted by Crippen LogP contribution is -2.46. The number of guanidine groups is 2. The molecule has 1 rings (SSSR count). The predicted molar refractivity (Wildman–Crippen MR) is 150 cm³/mol. The first-order valence-corrected chi connectivity index (χ1v) is 13.2. The fourth-order valence-electron chi connectivity index (χ4n) is 4.22. The zero-order valence-corrected chi connectivity index (χ0v) is 22.9. The number of amides is 1. The zero-order valence-electron chi connectivity index (χ0n) is 22.9. The fourth-order valence-corrected chi connectivity index (χ4v) is 4.22. The molecule has 3 atom stereocenters. The Labute approximate surface area is 225 Å². The SMILES string of the molecule is CCC(CCCN=C(N)N)C(=O)NC(Cc1ccc(O)cc1)C(=O)CC(CCCN=C(N)N)C(=O)C(C)C. The van der Waals surface area contributed by atoms with Gasteiger partial charge in [-0.15, -0.1) is 0 Å². The summed E-state index contributed by atoms with van der Waals surface area (Å²) < 4.78 is 0. The number of nitrogens with two attached hydrogens (primary N) is 4. The third-order valence-electron chi connectivity index (χ3n) is 6.37. The first-order chi connectivity index (χ1) is 17.9. The van der Waals surface area contributed by atoms with Crippen LogP contribution in [0.1, 0.15) is 64.9 Å². The van der Waals surface area contributed by atoms with Crippen LogP contribution in [0.15, 0.2) is 34.3 Å². The molecule has 0 aliphatic heterocycles. The zero-order chi connectivity index (χ0) is 28.7. The van der Waals surface area contributed by atoms with Crippen molar-refractivity contribution in [1.82, 2.24) is 5.32 Å². The molecule has 0 spiro atoms. The van der Waals surface area contributed by atoms with Crippen molar-refractivity contribution in [3.05, 3.63) is 29.8 Å². The van der Waals surface area contributed by atoms with Crippen LogP contribution < -0.4 is 28.3 Å². The molecule has 10 N–H and O–H groups in total. The van der Waals surface area contributed by atoms with Crippen molar-refractivity contribution in [3.8, 4) is 5.75 Å². The largest absolute Gasteiger partial charge is 0.508 e. The van der Waals surface area contributed by atoms with Crippen LogP contribution in [0.4, 0.5) is 0 Å². The summed E-state index contributed by atoms with van der Waals surface area (Å²) in [6, 6.07) is 5.66. The molecule has 0 bridgehead atoms. The van der Waals surface area contributed by atoms with E-state index in [1.54, 1.807) is 26.0 Å². The van der Waals surface area contributed by atoms with E-state index in [9.17, 15) is 19.5 Å². The molecule has 1 aromatic carbocycles. The predicted octanol–water partition coefficient (Wildman–Crippen LogP) is 1.35. The number of ketones is 2. The number of aliphatic imine (C=N–C) groups is 2. The molecule has 1 amide bonds. The second-order valence-corrected chi connectivity index (χ2v) is 9.86. The highest BCUT2D eigenvalue weighted by atomic mass is 16.3. The number of Topliss-reactive ketones (excluding diaryl/α,β-unsaturated/α-hetero) is 2. The summed E-state index contributed by atoms with van der Waals surface area (Å²) in [5, 5.41) is 12.6. The Balaban J connectivity index is 3.05. The van der Waals surface area contributed by atoms with Gasteiger partial charge in [-0.2, -0.15) is 0 Å². The monoisotopic (exact) mass is 531 g/mol. The van der Waals surface area contributed by atoms with E-state index in [1.807, 2.05) is 6.92 Å². The molecule has 11 heteroatoms. The number of hydrogen-bond acceptors (Lipinski definition) is 6. The molecule has 38 heavy (non-hydrogen) atoms. The van der Waals surface area contributed by atoms with Gasteiger partial charge in [0, 0.05) is 37.3 Å². The molecule has 0 fully saturated rings. The topological polar surface area (TPSA) is 212 Å². The minimum Gasteiger partial charge on any atom is -0.508 e. The van der Waals surface area contributed by atoms with E-state index in [4.69, 9.17) is 22.9 Å².